The first kappa shape index (κ1) is 14.5. The van der Waals surface area contributed by atoms with E-state index in [9.17, 15) is 9.59 Å². The molecule has 3 heterocycles. The van der Waals surface area contributed by atoms with Gasteiger partial charge < -0.3 is 4.90 Å². The molecule has 0 aliphatic carbocycles. The molecule has 7 heteroatoms. The molecule has 1 fully saturated rings. The van der Waals surface area contributed by atoms with Crippen LogP contribution in [0.5, 0.6) is 0 Å². The molecule has 2 N–H and O–H groups in total. The van der Waals surface area contributed by atoms with E-state index < -0.39 is 0 Å². The smallest absolute Gasteiger partial charge is 0.327 e. The second-order valence-corrected chi connectivity index (χ2v) is 5.67. The monoisotopic (exact) mass is 301 g/mol. The molecule has 0 radical (unpaired) electrons. The van der Waals surface area contributed by atoms with Gasteiger partial charge in [0.1, 0.15) is 5.69 Å². The maximum atomic E-state index is 12.8. The Hall–Kier alpha value is -2.44. The summed E-state index contributed by atoms with van der Waals surface area (Å²) in [6, 6.07) is 3.46. The highest BCUT2D eigenvalue weighted by Gasteiger charge is 2.31. The Kier molecular flexibility index (Phi) is 3.79. The van der Waals surface area contributed by atoms with Crippen molar-refractivity contribution in [3.63, 3.8) is 0 Å². The fraction of sp³-hybridized carbons (Fsp3) is 0.467. The van der Waals surface area contributed by atoms with E-state index in [0.29, 0.717) is 18.1 Å². The van der Waals surface area contributed by atoms with Gasteiger partial charge in [-0.15, -0.1) is 0 Å². The summed E-state index contributed by atoms with van der Waals surface area (Å²) in [4.78, 5) is 32.9. The number of H-pyrrole nitrogens is 2. The minimum atomic E-state index is -0.350. The largest absolute Gasteiger partial charge is 0.340 e. The molecule has 3 rings (SSSR count). The number of aromatic amines is 2. The summed E-state index contributed by atoms with van der Waals surface area (Å²) in [5.74, 6) is 0.401. The third-order valence-corrected chi connectivity index (χ3v) is 4.17. The Labute approximate surface area is 127 Å². The first-order valence-corrected chi connectivity index (χ1v) is 7.46. The molecule has 1 aliphatic rings. The molecule has 116 valence electrons. The van der Waals surface area contributed by atoms with Crippen molar-refractivity contribution < 1.29 is 4.79 Å². The number of aryl methyl sites for hydroxylation is 2. The lowest BCUT2D eigenvalue weighted by Crippen LogP contribution is -2.39. The molecule has 0 saturated carbocycles. The van der Waals surface area contributed by atoms with Crippen LogP contribution >= 0.6 is 0 Å². The summed E-state index contributed by atoms with van der Waals surface area (Å²) in [6.07, 6.45) is 2.74. The van der Waals surface area contributed by atoms with Crippen molar-refractivity contribution in [2.45, 2.75) is 39.2 Å². The molecule has 2 aromatic rings. The van der Waals surface area contributed by atoms with Gasteiger partial charge in [0, 0.05) is 12.2 Å². The van der Waals surface area contributed by atoms with Crippen LogP contribution < -0.4 is 5.69 Å². The lowest BCUT2D eigenvalue weighted by Gasteiger charge is -2.34. The van der Waals surface area contributed by atoms with Gasteiger partial charge in [-0.3, -0.25) is 9.78 Å². The van der Waals surface area contributed by atoms with Crippen LogP contribution in [0.2, 0.25) is 0 Å². The van der Waals surface area contributed by atoms with Crippen LogP contribution in [0.4, 0.5) is 0 Å². The topological polar surface area (TPSA) is 94.7 Å². The van der Waals surface area contributed by atoms with Crippen LogP contribution in [-0.4, -0.2) is 37.5 Å². The van der Waals surface area contributed by atoms with Crippen LogP contribution in [0.1, 0.15) is 52.9 Å². The molecule has 1 saturated heterocycles. The van der Waals surface area contributed by atoms with Gasteiger partial charge in [0.2, 0.25) is 0 Å². The molecular weight excluding hydrogens is 282 g/mol. The van der Waals surface area contributed by atoms with Crippen LogP contribution in [0.3, 0.4) is 0 Å². The molecular formula is C15H19N5O2. The number of amides is 1. The average Bonchev–Trinajstić information content (AvgIpc) is 2.96. The van der Waals surface area contributed by atoms with Crippen molar-refractivity contribution in [3.05, 3.63) is 45.4 Å². The highest BCUT2D eigenvalue weighted by atomic mass is 16.2. The average molecular weight is 301 g/mol. The molecule has 1 amide bonds. The first-order chi connectivity index (χ1) is 10.6. The summed E-state index contributed by atoms with van der Waals surface area (Å²) in [6.45, 7) is 4.51. The molecule has 1 aliphatic heterocycles. The minimum Gasteiger partial charge on any atom is -0.327 e. The van der Waals surface area contributed by atoms with E-state index in [4.69, 9.17) is 0 Å². The molecule has 1 unspecified atom stereocenters. The van der Waals surface area contributed by atoms with Gasteiger partial charge in [-0.05, 0) is 44.7 Å². The second kappa shape index (κ2) is 5.75. The third kappa shape index (κ3) is 2.66. The summed E-state index contributed by atoms with van der Waals surface area (Å²) in [7, 11) is 0. The SMILES string of the molecule is Cc1ccc(C(=O)N2CCCCC2c2n[nH]c(=O)[nH]2)nc1C. The number of nitrogens with one attached hydrogen (secondary N) is 2. The molecule has 1 atom stereocenters. The zero-order valence-electron chi connectivity index (χ0n) is 12.7. The number of hydrogen-bond acceptors (Lipinski definition) is 4. The summed E-state index contributed by atoms with van der Waals surface area (Å²) < 4.78 is 0. The zero-order chi connectivity index (χ0) is 15.7. The van der Waals surface area contributed by atoms with E-state index in [2.05, 4.69) is 20.2 Å². The predicted molar refractivity (Wildman–Crippen MR) is 80.5 cm³/mol. The van der Waals surface area contributed by atoms with Gasteiger partial charge in [0.25, 0.3) is 5.91 Å². The van der Waals surface area contributed by atoms with E-state index in [1.807, 2.05) is 19.9 Å². The zero-order valence-corrected chi connectivity index (χ0v) is 12.7. The Bertz CT molecular complexity index is 748. The van der Waals surface area contributed by atoms with Crippen LogP contribution in [0, 0.1) is 13.8 Å². The lowest BCUT2D eigenvalue weighted by atomic mass is 10.0. The van der Waals surface area contributed by atoms with Gasteiger partial charge in [0.05, 0.1) is 6.04 Å². The first-order valence-electron chi connectivity index (χ1n) is 7.46. The maximum absolute atomic E-state index is 12.8. The van der Waals surface area contributed by atoms with Gasteiger partial charge in [-0.25, -0.2) is 14.9 Å². The number of nitrogens with zero attached hydrogens (tertiary/aromatic N) is 3. The number of likely N-dealkylation sites (tertiary alicyclic amines) is 1. The van der Waals surface area contributed by atoms with E-state index in [1.54, 1.807) is 11.0 Å². The summed E-state index contributed by atoms with van der Waals surface area (Å²) in [5.41, 5.74) is 2.00. The molecule has 0 bridgehead atoms. The maximum Gasteiger partial charge on any atom is 0.340 e. The fourth-order valence-corrected chi connectivity index (χ4v) is 2.80. The highest BCUT2D eigenvalue weighted by Crippen LogP contribution is 2.29. The second-order valence-electron chi connectivity index (χ2n) is 5.67. The van der Waals surface area contributed by atoms with Crippen molar-refractivity contribution in [3.8, 4) is 0 Å². The van der Waals surface area contributed by atoms with Crippen molar-refractivity contribution in [1.29, 1.82) is 0 Å². The predicted octanol–water partition coefficient (Wildman–Crippen LogP) is 1.48. The Morgan fingerprint density at radius 2 is 2.14 bits per heavy atom. The molecule has 0 aromatic carbocycles. The quantitative estimate of drug-likeness (QED) is 0.878. The van der Waals surface area contributed by atoms with Crippen LogP contribution in [0.15, 0.2) is 16.9 Å². The summed E-state index contributed by atoms with van der Waals surface area (Å²) in [5, 5.41) is 6.36. The molecule has 7 nitrogen and oxygen atoms in total. The van der Waals surface area contributed by atoms with Gasteiger partial charge in [-0.2, -0.15) is 5.10 Å². The third-order valence-electron chi connectivity index (χ3n) is 4.17. The lowest BCUT2D eigenvalue weighted by molar-refractivity contribution is 0.0594. The highest BCUT2D eigenvalue weighted by molar-refractivity contribution is 5.92. The van der Waals surface area contributed by atoms with Crippen LogP contribution in [-0.2, 0) is 0 Å². The van der Waals surface area contributed by atoms with E-state index in [1.165, 1.54) is 0 Å². The van der Waals surface area contributed by atoms with Crippen molar-refractivity contribution in [2.24, 2.45) is 0 Å². The van der Waals surface area contributed by atoms with Gasteiger partial charge in [0.15, 0.2) is 5.82 Å². The summed E-state index contributed by atoms with van der Waals surface area (Å²) >= 11 is 0. The van der Waals surface area contributed by atoms with E-state index in [-0.39, 0.29) is 17.6 Å². The Balaban J connectivity index is 1.91. The normalized spacial score (nSPS) is 18.5. The standard InChI is InChI=1S/C15H19N5O2/c1-9-6-7-11(16-10(9)2)14(21)20-8-4-3-5-12(20)13-17-15(22)19-18-13/h6-7,12H,3-5,8H2,1-2H3,(H2,17,18,19,22). The molecule has 0 spiro atoms. The Morgan fingerprint density at radius 1 is 1.32 bits per heavy atom. The molecule has 2 aromatic heterocycles. The van der Waals surface area contributed by atoms with Crippen molar-refractivity contribution >= 4 is 5.91 Å². The number of carbonyl (C=O) groups excluding carboxylic acids is 1. The number of carbonyl (C=O) groups is 1. The number of piperidine rings is 1. The van der Waals surface area contributed by atoms with E-state index >= 15 is 0 Å². The van der Waals surface area contributed by atoms with E-state index in [0.717, 1.165) is 30.5 Å². The Morgan fingerprint density at radius 3 is 2.82 bits per heavy atom. The van der Waals surface area contributed by atoms with Crippen LogP contribution in [0.25, 0.3) is 0 Å². The number of hydrogen-bond donors (Lipinski definition) is 2. The van der Waals surface area contributed by atoms with Crippen molar-refractivity contribution in [1.82, 2.24) is 25.1 Å². The number of rotatable bonds is 2. The minimum absolute atomic E-state index is 0.114. The van der Waals surface area contributed by atoms with Gasteiger partial charge >= 0.3 is 5.69 Å². The van der Waals surface area contributed by atoms with Crippen molar-refractivity contribution in [2.75, 3.05) is 6.54 Å². The number of aromatic nitrogens is 4. The molecule has 22 heavy (non-hydrogen) atoms. The van der Waals surface area contributed by atoms with Gasteiger partial charge in [-0.1, -0.05) is 6.07 Å². The number of pyridine rings is 1. The fourth-order valence-electron chi connectivity index (χ4n) is 2.80.